The van der Waals surface area contributed by atoms with Gasteiger partial charge in [0.05, 0.1) is 24.0 Å². The summed E-state index contributed by atoms with van der Waals surface area (Å²) < 4.78 is 63.7. The van der Waals surface area contributed by atoms with E-state index in [1.807, 2.05) is 0 Å². The number of halogens is 5. The fraction of sp³-hybridized carbons (Fsp3) is 0.333. The molecule has 13 heteroatoms. The van der Waals surface area contributed by atoms with Gasteiger partial charge in [0.2, 0.25) is 5.88 Å². The van der Waals surface area contributed by atoms with Crippen molar-refractivity contribution in [2.45, 2.75) is 24.2 Å². The molecule has 2 aromatic rings. The Morgan fingerprint density at radius 1 is 1.39 bits per heavy atom. The Labute approximate surface area is 178 Å². The van der Waals surface area contributed by atoms with E-state index in [0.717, 1.165) is 0 Å². The first-order valence-corrected chi connectivity index (χ1v) is 9.08. The normalized spacial score (nSPS) is 21.1. The molecule has 1 aliphatic heterocycles. The number of amidine groups is 1. The number of nitrogens with zero attached hydrogens (tertiary/aromatic N) is 3. The highest BCUT2D eigenvalue weighted by molar-refractivity contribution is 6.30. The van der Waals surface area contributed by atoms with Crippen molar-refractivity contribution < 1.29 is 31.8 Å². The van der Waals surface area contributed by atoms with Crippen LogP contribution in [0.25, 0.3) is 0 Å². The quantitative estimate of drug-likeness (QED) is 0.661. The molecule has 166 valence electrons. The van der Waals surface area contributed by atoms with Gasteiger partial charge in [-0.25, -0.2) is 19.4 Å². The summed E-state index contributed by atoms with van der Waals surface area (Å²) in [6.07, 6.45) is -5.64. The molecular formula is C18H16ClF4N5O3. The van der Waals surface area contributed by atoms with Crippen molar-refractivity contribution in [3.63, 3.8) is 0 Å². The second-order valence-corrected chi connectivity index (χ2v) is 7.00. The van der Waals surface area contributed by atoms with E-state index in [4.69, 9.17) is 22.1 Å². The molecule has 31 heavy (non-hydrogen) atoms. The Balaban J connectivity index is 2.00. The van der Waals surface area contributed by atoms with Crippen molar-refractivity contribution in [2.75, 3.05) is 19.1 Å². The molecule has 0 saturated carbocycles. The van der Waals surface area contributed by atoms with E-state index in [1.54, 1.807) is 0 Å². The number of nitrogens with two attached hydrogens (primary N) is 1. The molecule has 2 atom stereocenters. The zero-order chi connectivity index (χ0) is 22.8. The highest BCUT2D eigenvalue weighted by Gasteiger charge is 2.52. The first kappa shape index (κ1) is 22.5. The van der Waals surface area contributed by atoms with E-state index < -0.39 is 42.8 Å². The van der Waals surface area contributed by atoms with Crippen molar-refractivity contribution in [3.05, 3.63) is 46.9 Å². The van der Waals surface area contributed by atoms with Crippen LogP contribution in [0.4, 0.5) is 23.2 Å². The Kier molecular flexibility index (Phi) is 6.20. The van der Waals surface area contributed by atoms with E-state index >= 15 is 0 Å². The lowest BCUT2D eigenvalue weighted by molar-refractivity contribution is -0.209. The van der Waals surface area contributed by atoms with Gasteiger partial charge in [-0.2, -0.15) is 13.2 Å². The summed E-state index contributed by atoms with van der Waals surface area (Å²) in [6.45, 7) is -1.35. The zero-order valence-electron chi connectivity index (χ0n) is 15.9. The number of aliphatic imine (C=N–C) groups is 1. The van der Waals surface area contributed by atoms with Gasteiger partial charge in [-0.1, -0.05) is 11.6 Å². The van der Waals surface area contributed by atoms with E-state index in [-0.39, 0.29) is 22.8 Å². The number of hydrogen-bond acceptors (Lipinski definition) is 7. The number of carbonyl (C=O) groups is 1. The summed E-state index contributed by atoms with van der Waals surface area (Å²) in [4.78, 5) is 24.0. The fourth-order valence-electron chi connectivity index (χ4n) is 3.01. The van der Waals surface area contributed by atoms with Gasteiger partial charge in [-0.3, -0.25) is 4.79 Å². The van der Waals surface area contributed by atoms with Gasteiger partial charge in [0.1, 0.15) is 17.9 Å². The van der Waals surface area contributed by atoms with Gasteiger partial charge in [0, 0.05) is 18.2 Å². The van der Waals surface area contributed by atoms with Gasteiger partial charge >= 0.3 is 6.18 Å². The van der Waals surface area contributed by atoms with Crippen LogP contribution in [0.2, 0.25) is 5.02 Å². The number of methoxy groups -OCH3 is 1. The van der Waals surface area contributed by atoms with Gasteiger partial charge in [0.25, 0.3) is 11.9 Å². The Hall–Kier alpha value is -3.15. The summed E-state index contributed by atoms with van der Waals surface area (Å²) >= 11 is 5.74. The predicted molar refractivity (Wildman–Crippen MR) is 103 cm³/mol. The van der Waals surface area contributed by atoms with Gasteiger partial charge < -0.3 is 20.5 Å². The standard InChI is InChI=1S/C18H16ClF4N5O3/c1-30-15-11(17(8-20)5-13(18(21,22)23)31-16(24)28-17)4-10(7-26-15)27-14(29)12-3-2-9(19)6-25-12/h2-4,6-7,13H,5,8H2,1H3,(H2,24,28)(H,27,29)/t13-,17+/m0/s1. The maximum Gasteiger partial charge on any atom is 0.425 e. The molecule has 3 heterocycles. The zero-order valence-corrected chi connectivity index (χ0v) is 16.7. The minimum absolute atomic E-state index is 0.0208. The minimum atomic E-state index is -4.81. The molecule has 0 aliphatic carbocycles. The smallest absolute Gasteiger partial charge is 0.425 e. The Morgan fingerprint density at radius 2 is 2.13 bits per heavy atom. The first-order chi connectivity index (χ1) is 14.6. The average Bonchev–Trinajstić information content (AvgIpc) is 2.73. The van der Waals surface area contributed by atoms with Crippen LogP contribution >= 0.6 is 11.6 Å². The van der Waals surface area contributed by atoms with Crippen LogP contribution in [0, 0.1) is 0 Å². The van der Waals surface area contributed by atoms with Crippen LogP contribution in [0.1, 0.15) is 22.5 Å². The summed E-state index contributed by atoms with van der Waals surface area (Å²) in [5.74, 6) is -0.827. The van der Waals surface area contributed by atoms with Crippen LogP contribution in [-0.4, -0.2) is 48.0 Å². The maximum absolute atomic E-state index is 14.2. The van der Waals surface area contributed by atoms with Crippen LogP contribution in [0.5, 0.6) is 5.88 Å². The average molecular weight is 462 g/mol. The van der Waals surface area contributed by atoms with Crippen molar-refractivity contribution in [1.29, 1.82) is 0 Å². The minimum Gasteiger partial charge on any atom is -0.481 e. The number of hydrogen-bond donors (Lipinski definition) is 2. The lowest BCUT2D eigenvalue weighted by atomic mass is 9.85. The van der Waals surface area contributed by atoms with Crippen LogP contribution in [0.3, 0.4) is 0 Å². The molecule has 0 aromatic carbocycles. The Bertz CT molecular complexity index is 1000. The summed E-state index contributed by atoms with van der Waals surface area (Å²) in [6, 6.07) is 3.22. The molecule has 3 N–H and O–H groups in total. The second kappa shape index (κ2) is 8.53. The van der Waals surface area contributed by atoms with Gasteiger partial charge in [-0.05, 0) is 18.2 Å². The molecule has 8 nitrogen and oxygen atoms in total. The molecule has 3 rings (SSSR count). The summed E-state index contributed by atoms with van der Waals surface area (Å²) in [5.41, 5.74) is 3.27. The predicted octanol–water partition coefficient (Wildman–Crippen LogP) is 3.22. The second-order valence-electron chi connectivity index (χ2n) is 6.56. The van der Waals surface area contributed by atoms with Crippen molar-refractivity contribution >= 4 is 29.2 Å². The number of rotatable bonds is 5. The third-order valence-electron chi connectivity index (χ3n) is 4.46. The monoisotopic (exact) mass is 461 g/mol. The maximum atomic E-state index is 14.2. The van der Waals surface area contributed by atoms with Crippen LogP contribution in [-0.2, 0) is 10.3 Å². The topological polar surface area (TPSA) is 112 Å². The third-order valence-corrected chi connectivity index (χ3v) is 4.68. The van der Waals surface area contributed by atoms with Gasteiger partial charge in [-0.15, -0.1) is 0 Å². The van der Waals surface area contributed by atoms with Crippen molar-refractivity contribution in [3.8, 4) is 5.88 Å². The number of ether oxygens (including phenoxy) is 2. The van der Waals surface area contributed by atoms with E-state index in [2.05, 4.69) is 25.0 Å². The SMILES string of the molecule is COc1ncc(NC(=O)c2ccc(Cl)cn2)cc1[C@]1(CF)C[C@@H](C(F)(F)F)OC(N)=N1. The highest BCUT2D eigenvalue weighted by Crippen LogP contribution is 2.43. The van der Waals surface area contributed by atoms with Crippen LogP contribution in [0.15, 0.2) is 35.6 Å². The van der Waals surface area contributed by atoms with Crippen molar-refractivity contribution in [2.24, 2.45) is 10.7 Å². The number of nitrogens with one attached hydrogen (secondary N) is 1. The highest BCUT2D eigenvalue weighted by atomic mass is 35.5. The first-order valence-electron chi connectivity index (χ1n) is 8.70. The lowest BCUT2D eigenvalue weighted by Gasteiger charge is -2.36. The molecule has 0 spiro atoms. The molecule has 0 unspecified atom stereocenters. The number of carbonyl (C=O) groups excluding carboxylic acids is 1. The molecule has 0 saturated heterocycles. The molecule has 0 bridgehead atoms. The molecule has 0 radical (unpaired) electrons. The number of aromatic nitrogens is 2. The van der Waals surface area contributed by atoms with Crippen LogP contribution < -0.4 is 15.8 Å². The summed E-state index contributed by atoms with van der Waals surface area (Å²) in [7, 11) is 1.21. The number of pyridine rings is 2. The fourth-order valence-corrected chi connectivity index (χ4v) is 3.12. The number of anilines is 1. The lowest BCUT2D eigenvalue weighted by Crippen LogP contribution is -2.48. The van der Waals surface area contributed by atoms with E-state index in [9.17, 15) is 22.4 Å². The molecule has 1 amide bonds. The molecule has 2 aromatic heterocycles. The third kappa shape index (κ3) is 4.79. The van der Waals surface area contributed by atoms with E-state index in [0.29, 0.717) is 5.02 Å². The summed E-state index contributed by atoms with van der Waals surface area (Å²) in [5, 5.41) is 2.81. The van der Waals surface area contributed by atoms with Crippen molar-refractivity contribution in [1.82, 2.24) is 9.97 Å². The largest absolute Gasteiger partial charge is 0.481 e. The Morgan fingerprint density at radius 3 is 2.71 bits per heavy atom. The van der Waals surface area contributed by atoms with E-state index in [1.165, 1.54) is 37.7 Å². The number of amides is 1. The number of alkyl halides is 4. The molecule has 1 aliphatic rings. The van der Waals surface area contributed by atoms with Gasteiger partial charge in [0.15, 0.2) is 6.10 Å². The molecular weight excluding hydrogens is 446 g/mol. The molecule has 0 fully saturated rings.